The number of aromatic nitrogens is 1. The average molecular weight is 366 g/mol. The van der Waals surface area contributed by atoms with Crippen LogP contribution in [0.2, 0.25) is 0 Å². The maximum absolute atomic E-state index is 12.2. The van der Waals surface area contributed by atoms with E-state index in [1.807, 2.05) is 48.5 Å². The molecule has 1 N–H and O–H groups in total. The van der Waals surface area contributed by atoms with Crippen LogP contribution < -0.4 is 14.8 Å². The van der Waals surface area contributed by atoms with Crippen molar-refractivity contribution in [2.24, 2.45) is 0 Å². The van der Waals surface area contributed by atoms with Crippen LogP contribution in [-0.4, -0.2) is 31.8 Å². The lowest BCUT2D eigenvalue weighted by Gasteiger charge is -2.10. The van der Waals surface area contributed by atoms with Gasteiger partial charge in [-0.2, -0.15) is 0 Å². The predicted molar refractivity (Wildman–Crippen MR) is 102 cm³/mol. The third kappa shape index (κ3) is 4.88. The molecule has 140 valence electrons. The Kier molecular flexibility index (Phi) is 6.10. The molecule has 0 bridgehead atoms. The number of ether oxygens (including phenoxy) is 2. The van der Waals surface area contributed by atoms with E-state index < -0.39 is 0 Å². The minimum atomic E-state index is -0.101. The van der Waals surface area contributed by atoms with Gasteiger partial charge >= 0.3 is 0 Å². The van der Waals surface area contributed by atoms with Crippen LogP contribution in [0, 0.1) is 0 Å². The molecule has 0 atom stereocenters. The van der Waals surface area contributed by atoms with E-state index >= 15 is 0 Å². The van der Waals surface area contributed by atoms with Gasteiger partial charge in [-0.25, -0.2) is 0 Å². The molecule has 0 spiro atoms. The molecule has 1 heterocycles. The van der Waals surface area contributed by atoms with Gasteiger partial charge in [-0.05, 0) is 18.1 Å². The lowest BCUT2D eigenvalue weighted by Crippen LogP contribution is -2.27. The molecule has 0 radical (unpaired) electrons. The predicted octanol–water partition coefficient (Wildman–Crippen LogP) is 3.26. The van der Waals surface area contributed by atoms with Crippen LogP contribution in [0.3, 0.4) is 0 Å². The zero-order chi connectivity index (χ0) is 19.1. The van der Waals surface area contributed by atoms with Crippen molar-refractivity contribution in [3.63, 3.8) is 0 Å². The molecule has 3 rings (SSSR count). The molecular formula is C21H22N2O4. The van der Waals surface area contributed by atoms with E-state index in [-0.39, 0.29) is 12.3 Å². The largest absolute Gasteiger partial charge is 0.497 e. The molecule has 0 aliphatic heterocycles. The van der Waals surface area contributed by atoms with Crippen molar-refractivity contribution in [2.45, 2.75) is 12.8 Å². The van der Waals surface area contributed by atoms with E-state index in [9.17, 15) is 4.79 Å². The van der Waals surface area contributed by atoms with Crippen molar-refractivity contribution in [3.05, 3.63) is 65.9 Å². The molecule has 0 unspecified atom stereocenters. The van der Waals surface area contributed by atoms with Gasteiger partial charge in [-0.1, -0.05) is 41.6 Å². The lowest BCUT2D eigenvalue weighted by atomic mass is 10.1. The normalized spacial score (nSPS) is 10.4. The summed E-state index contributed by atoms with van der Waals surface area (Å²) in [6.07, 6.45) is 0.836. The van der Waals surface area contributed by atoms with Gasteiger partial charge in [-0.3, -0.25) is 4.79 Å². The average Bonchev–Trinajstić information content (AvgIpc) is 3.17. The van der Waals surface area contributed by atoms with Crippen LogP contribution in [0.1, 0.15) is 11.3 Å². The summed E-state index contributed by atoms with van der Waals surface area (Å²) in [5.74, 6) is 2.03. The minimum absolute atomic E-state index is 0.101. The van der Waals surface area contributed by atoms with E-state index in [1.165, 1.54) is 0 Å². The van der Waals surface area contributed by atoms with Gasteiger partial charge < -0.3 is 19.3 Å². The van der Waals surface area contributed by atoms with Gasteiger partial charge in [0.1, 0.15) is 11.5 Å². The van der Waals surface area contributed by atoms with Crippen molar-refractivity contribution in [2.75, 3.05) is 20.8 Å². The summed E-state index contributed by atoms with van der Waals surface area (Å²) in [4.78, 5) is 12.2. The van der Waals surface area contributed by atoms with Gasteiger partial charge in [0, 0.05) is 24.2 Å². The highest BCUT2D eigenvalue weighted by Crippen LogP contribution is 2.24. The standard InChI is InChI=1S/C21H22N2O4/c1-25-18-9-8-16(19(14-18)26-2)10-11-22-21(24)13-17-12-20(27-23-17)15-6-4-3-5-7-15/h3-9,12,14H,10-11,13H2,1-2H3,(H,22,24). The quantitative estimate of drug-likeness (QED) is 0.662. The fourth-order valence-corrected chi connectivity index (χ4v) is 2.76. The number of hydrogen-bond donors (Lipinski definition) is 1. The molecule has 1 aromatic heterocycles. The number of methoxy groups -OCH3 is 2. The Morgan fingerprint density at radius 2 is 1.89 bits per heavy atom. The first-order chi connectivity index (χ1) is 13.2. The minimum Gasteiger partial charge on any atom is -0.497 e. The SMILES string of the molecule is COc1ccc(CCNC(=O)Cc2cc(-c3ccccc3)on2)c(OC)c1. The van der Waals surface area contributed by atoms with Crippen molar-refractivity contribution in [1.82, 2.24) is 10.5 Å². The number of nitrogens with one attached hydrogen (secondary N) is 1. The fraction of sp³-hybridized carbons (Fsp3) is 0.238. The molecule has 0 fully saturated rings. The molecule has 0 aliphatic rings. The zero-order valence-electron chi connectivity index (χ0n) is 15.4. The van der Waals surface area contributed by atoms with Gasteiger partial charge in [0.05, 0.1) is 26.3 Å². The molecule has 3 aromatic rings. The molecule has 6 nitrogen and oxygen atoms in total. The van der Waals surface area contributed by atoms with Crippen LogP contribution in [-0.2, 0) is 17.6 Å². The molecule has 27 heavy (non-hydrogen) atoms. The number of carbonyl (C=O) groups excluding carboxylic acids is 1. The van der Waals surface area contributed by atoms with Gasteiger partial charge in [0.15, 0.2) is 5.76 Å². The van der Waals surface area contributed by atoms with Crippen LogP contribution in [0.5, 0.6) is 11.5 Å². The number of amides is 1. The Morgan fingerprint density at radius 3 is 2.63 bits per heavy atom. The van der Waals surface area contributed by atoms with Crippen molar-refractivity contribution in [3.8, 4) is 22.8 Å². The zero-order valence-corrected chi connectivity index (χ0v) is 15.4. The highest BCUT2D eigenvalue weighted by Gasteiger charge is 2.11. The molecule has 0 saturated carbocycles. The topological polar surface area (TPSA) is 73.6 Å². The fourth-order valence-electron chi connectivity index (χ4n) is 2.76. The Morgan fingerprint density at radius 1 is 1.07 bits per heavy atom. The number of nitrogens with zero attached hydrogens (tertiary/aromatic N) is 1. The van der Waals surface area contributed by atoms with Gasteiger partial charge in [0.25, 0.3) is 0 Å². The van der Waals surface area contributed by atoms with Crippen molar-refractivity contribution in [1.29, 1.82) is 0 Å². The van der Waals surface area contributed by atoms with Crippen molar-refractivity contribution < 1.29 is 18.8 Å². The Balaban J connectivity index is 1.51. The second-order valence-corrected chi connectivity index (χ2v) is 6.00. The molecule has 1 amide bonds. The van der Waals surface area contributed by atoms with E-state index in [0.29, 0.717) is 24.4 Å². The molecule has 0 aliphatic carbocycles. The molecule has 0 saturated heterocycles. The van der Waals surface area contributed by atoms with E-state index in [4.69, 9.17) is 14.0 Å². The number of benzene rings is 2. The first kappa shape index (κ1) is 18.5. The number of carbonyl (C=O) groups is 1. The number of hydrogen-bond acceptors (Lipinski definition) is 5. The smallest absolute Gasteiger partial charge is 0.226 e. The summed E-state index contributed by atoms with van der Waals surface area (Å²) in [7, 11) is 3.23. The monoisotopic (exact) mass is 366 g/mol. The summed E-state index contributed by atoms with van der Waals surface area (Å²) in [5.41, 5.74) is 2.54. The highest BCUT2D eigenvalue weighted by atomic mass is 16.5. The maximum atomic E-state index is 12.2. The van der Waals surface area contributed by atoms with Gasteiger partial charge in [0.2, 0.25) is 5.91 Å². The lowest BCUT2D eigenvalue weighted by molar-refractivity contribution is -0.120. The van der Waals surface area contributed by atoms with E-state index in [2.05, 4.69) is 10.5 Å². The molecule has 6 heteroatoms. The summed E-state index contributed by atoms with van der Waals surface area (Å²) >= 11 is 0. The first-order valence-electron chi connectivity index (χ1n) is 8.68. The summed E-state index contributed by atoms with van der Waals surface area (Å²) < 4.78 is 15.9. The van der Waals surface area contributed by atoms with Crippen molar-refractivity contribution >= 4 is 5.91 Å². The Bertz CT molecular complexity index is 890. The number of rotatable bonds is 8. The van der Waals surface area contributed by atoms with Crippen LogP contribution in [0.15, 0.2) is 59.1 Å². The second-order valence-electron chi connectivity index (χ2n) is 6.00. The van der Waals surface area contributed by atoms with Crippen LogP contribution >= 0.6 is 0 Å². The third-order valence-electron chi connectivity index (χ3n) is 4.17. The second kappa shape index (κ2) is 8.89. The van der Waals surface area contributed by atoms with Crippen LogP contribution in [0.4, 0.5) is 0 Å². The Labute approximate surface area is 158 Å². The van der Waals surface area contributed by atoms with E-state index in [1.54, 1.807) is 20.3 Å². The maximum Gasteiger partial charge on any atom is 0.226 e. The first-order valence-corrected chi connectivity index (χ1v) is 8.68. The summed E-state index contributed by atoms with van der Waals surface area (Å²) in [6, 6.07) is 17.1. The van der Waals surface area contributed by atoms with Crippen LogP contribution in [0.25, 0.3) is 11.3 Å². The molecular weight excluding hydrogens is 344 g/mol. The summed E-state index contributed by atoms with van der Waals surface area (Å²) in [5, 5.41) is 6.88. The summed E-state index contributed by atoms with van der Waals surface area (Å²) in [6.45, 7) is 0.505. The molecule has 2 aromatic carbocycles. The highest BCUT2D eigenvalue weighted by molar-refractivity contribution is 5.78. The third-order valence-corrected chi connectivity index (χ3v) is 4.17. The van der Waals surface area contributed by atoms with Gasteiger partial charge in [-0.15, -0.1) is 0 Å². The Hall–Kier alpha value is -3.28. The van der Waals surface area contributed by atoms with E-state index in [0.717, 1.165) is 22.6 Å².